The van der Waals surface area contributed by atoms with Crippen molar-refractivity contribution in [3.05, 3.63) is 59.7 Å². The summed E-state index contributed by atoms with van der Waals surface area (Å²) < 4.78 is 26.6. The number of piperidine rings is 1. The lowest BCUT2D eigenvalue weighted by molar-refractivity contribution is 0.167. The van der Waals surface area contributed by atoms with Gasteiger partial charge in [-0.05, 0) is 74.8 Å². The molecule has 2 aromatic carbocycles. The number of hydrogen-bond acceptors (Lipinski definition) is 6. The Morgan fingerprint density at radius 1 is 1.00 bits per heavy atom. The Bertz CT molecular complexity index is 1030. The summed E-state index contributed by atoms with van der Waals surface area (Å²) in [6.45, 7) is 4.34. The molecule has 2 heterocycles. The lowest BCUT2D eigenvalue weighted by atomic mass is 10.1. The molecule has 1 aliphatic heterocycles. The van der Waals surface area contributed by atoms with Gasteiger partial charge in [0, 0.05) is 11.4 Å². The van der Waals surface area contributed by atoms with E-state index in [2.05, 4.69) is 26.6 Å². The Kier molecular flexibility index (Phi) is 7.32. The third kappa shape index (κ3) is 4.91. The van der Waals surface area contributed by atoms with Crippen LogP contribution in [0.3, 0.4) is 0 Å². The molecule has 0 saturated carbocycles. The Morgan fingerprint density at radius 2 is 1.75 bits per heavy atom. The van der Waals surface area contributed by atoms with Crippen LogP contribution in [0.15, 0.2) is 47.6 Å². The number of rotatable bonds is 8. The lowest BCUT2D eigenvalue weighted by Crippen LogP contribution is -2.33. The first kappa shape index (κ1) is 22.6. The number of hydrogen-bond donors (Lipinski definition) is 0. The van der Waals surface area contributed by atoms with Crippen molar-refractivity contribution in [2.24, 2.45) is 0 Å². The highest BCUT2D eigenvalue weighted by atomic mass is 32.2. The molecule has 170 valence electrons. The predicted molar refractivity (Wildman–Crippen MR) is 124 cm³/mol. The summed E-state index contributed by atoms with van der Waals surface area (Å²) in [7, 11) is 3.13. The van der Waals surface area contributed by atoms with Crippen LogP contribution in [0.25, 0.3) is 5.69 Å². The SMILES string of the molecule is COc1ccc(-n2c(SCc3ccc(OC)c(F)c3)nnc2[C@H](C)N2CCCCC2)cc1. The normalized spacial score (nSPS) is 15.5. The van der Waals surface area contributed by atoms with Gasteiger partial charge in [0.15, 0.2) is 22.5 Å². The largest absolute Gasteiger partial charge is 0.497 e. The van der Waals surface area contributed by atoms with Crippen molar-refractivity contribution >= 4 is 11.8 Å². The highest BCUT2D eigenvalue weighted by molar-refractivity contribution is 7.98. The van der Waals surface area contributed by atoms with Crippen LogP contribution in [0, 0.1) is 5.82 Å². The molecule has 1 aromatic heterocycles. The van der Waals surface area contributed by atoms with Crippen molar-refractivity contribution in [1.82, 2.24) is 19.7 Å². The van der Waals surface area contributed by atoms with E-state index in [9.17, 15) is 4.39 Å². The molecule has 1 saturated heterocycles. The molecule has 6 nitrogen and oxygen atoms in total. The smallest absolute Gasteiger partial charge is 0.196 e. The topological polar surface area (TPSA) is 52.4 Å². The molecule has 0 unspecified atom stereocenters. The van der Waals surface area contributed by atoms with E-state index in [0.717, 1.165) is 41.1 Å². The number of ether oxygens (including phenoxy) is 2. The van der Waals surface area contributed by atoms with E-state index < -0.39 is 0 Å². The maximum absolute atomic E-state index is 14.1. The van der Waals surface area contributed by atoms with Crippen molar-refractivity contribution in [3.63, 3.8) is 0 Å². The fourth-order valence-electron chi connectivity index (χ4n) is 4.04. The van der Waals surface area contributed by atoms with Crippen LogP contribution < -0.4 is 9.47 Å². The Balaban J connectivity index is 1.63. The molecule has 3 aromatic rings. The Hall–Kier alpha value is -2.58. The van der Waals surface area contributed by atoms with Crippen molar-refractivity contribution in [3.8, 4) is 17.2 Å². The average molecular weight is 457 g/mol. The van der Waals surface area contributed by atoms with Gasteiger partial charge >= 0.3 is 0 Å². The van der Waals surface area contributed by atoms with E-state index in [1.807, 2.05) is 30.3 Å². The van der Waals surface area contributed by atoms with Gasteiger partial charge in [-0.3, -0.25) is 9.47 Å². The maximum Gasteiger partial charge on any atom is 0.196 e. The molecule has 1 atom stereocenters. The van der Waals surface area contributed by atoms with E-state index in [1.54, 1.807) is 24.9 Å². The molecular formula is C24H29FN4O2S. The van der Waals surface area contributed by atoms with E-state index in [4.69, 9.17) is 9.47 Å². The fraction of sp³-hybridized carbons (Fsp3) is 0.417. The molecule has 0 N–H and O–H groups in total. The number of nitrogens with zero attached hydrogens (tertiary/aromatic N) is 4. The summed E-state index contributed by atoms with van der Waals surface area (Å²) in [5.41, 5.74) is 1.85. The van der Waals surface area contributed by atoms with Gasteiger partial charge in [-0.15, -0.1) is 10.2 Å². The zero-order valence-electron chi connectivity index (χ0n) is 18.8. The monoisotopic (exact) mass is 456 g/mol. The number of aromatic nitrogens is 3. The summed E-state index contributed by atoms with van der Waals surface area (Å²) in [5.74, 6) is 2.18. The second-order valence-corrected chi connectivity index (χ2v) is 8.85. The lowest BCUT2D eigenvalue weighted by Gasteiger charge is -2.31. The maximum atomic E-state index is 14.1. The standard InChI is InChI=1S/C24H29FN4O2S/c1-17(28-13-5-4-6-14-28)23-26-27-24(29(23)19-8-10-20(30-2)11-9-19)32-16-18-7-12-22(31-3)21(25)15-18/h7-12,15,17H,4-6,13-14,16H2,1-3H3/t17-/m0/s1. The quantitative estimate of drug-likeness (QED) is 0.431. The van der Waals surface area contributed by atoms with Gasteiger partial charge in [0.25, 0.3) is 0 Å². The average Bonchev–Trinajstić information content (AvgIpc) is 3.27. The highest BCUT2D eigenvalue weighted by Crippen LogP contribution is 2.32. The minimum atomic E-state index is -0.360. The molecule has 0 aliphatic carbocycles. The summed E-state index contributed by atoms with van der Waals surface area (Å²) in [6.07, 6.45) is 3.71. The van der Waals surface area contributed by atoms with E-state index in [-0.39, 0.29) is 17.6 Å². The molecule has 8 heteroatoms. The number of halogens is 1. The van der Waals surface area contributed by atoms with Crippen LogP contribution in [0.5, 0.6) is 11.5 Å². The molecule has 32 heavy (non-hydrogen) atoms. The van der Waals surface area contributed by atoms with E-state index >= 15 is 0 Å². The summed E-state index contributed by atoms with van der Waals surface area (Å²) in [6, 6.07) is 13.1. The Morgan fingerprint density at radius 3 is 2.41 bits per heavy atom. The van der Waals surface area contributed by atoms with Gasteiger partial charge in [0.05, 0.1) is 20.3 Å². The molecule has 0 spiro atoms. The number of likely N-dealkylation sites (tertiary alicyclic amines) is 1. The number of methoxy groups -OCH3 is 2. The minimum Gasteiger partial charge on any atom is -0.497 e. The van der Waals surface area contributed by atoms with Gasteiger partial charge < -0.3 is 9.47 Å². The third-order valence-corrected chi connectivity index (χ3v) is 6.89. The second-order valence-electron chi connectivity index (χ2n) is 7.90. The predicted octanol–water partition coefficient (Wildman–Crippen LogP) is 5.26. The van der Waals surface area contributed by atoms with Crippen LogP contribution in [-0.2, 0) is 5.75 Å². The van der Waals surface area contributed by atoms with Crippen molar-refractivity contribution in [2.45, 2.75) is 43.1 Å². The first-order chi connectivity index (χ1) is 15.6. The second kappa shape index (κ2) is 10.4. The minimum absolute atomic E-state index is 0.151. The van der Waals surface area contributed by atoms with Crippen LogP contribution in [0.4, 0.5) is 4.39 Å². The first-order valence-corrected chi connectivity index (χ1v) is 11.9. The van der Waals surface area contributed by atoms with Crippen LogP contribution in [0.1, 0.15) is 43.6 Å². The zero-order chi connectivity index (χ0) is 22.5. The molecule has 4 rings (SSSR count). The van der Waals surface area contributed by atoms with Gasteiger partial charge in [-0.2, -0.15) is 0 Å². The zero-order valence-corrected chi connectivity index (χ0v) is 19.6. The Labute approximate surface area is 192 Å². The molecule has 0 amide bonds. The van der Waals surface area contributed by atoms with Gasteiger partial charge in [-0.1, -0.05) is 24.2 Å². The third-order valence-electron chi connectivity index (χ3n) is 5.89. The highest BCUT2D eigenvalue weighted by Gasteiger charge is 2.25. The van der Waals surface area contributed by atoms with Crippen LogP contribution >= 0.6 is 11.8 Å². The van der Waals surface area contributed by atoms with Crippen LogP contribution in [0.2, 0.25) is 0 Å². The van der Waals surface area contributed by atoms with Crippen molar-refractivity contribution in [2.75, 3.05) is 27.3 Å². The molecule has 0 radical (unpaired) electrons. The fourth-order valence-corrected chi connectivity index (χ4v) is 4.94. The molecule has 1 fully saturated rings. The van der Waals surface area contributed by atoms with Gasteiger partial charge in [-0.25, -0.2) is 4.39 Å². The summed E-state index contributed by atoms with van der Waals surface area (Å²) in [5, 5.41) is 9.90. The summed E-state index contributed by atoms with van der Waals surface area (Å²) in [4.78, 5) is 2.47. The van der Waals surface area contributed by atoms with Crippen molar-refractivity contribution in [1.29, 1.82) is 0 Å². The van der Waals surface area contributed by atoms with E-state index in [0.29, 0.717) is 5.75 Å². The number of thioether (sulfide) groups is 1. The molecular weight excluding hydrogens is 427 g/mol. The van der Waals surface area contributed by atoms with Gasteiger partial charge in [0.2, 0.25) is 0 Å². The van der Waals surface area contributed by atoms with Crippen LogP contribution in [-0.4, -0.2) is 47.0 Å². The molecule has 0 bridgehead atoms. The summed E-state index contributed by atoms with van der Waals surface area (Å²) >= 11 is 1.54. The van der Waals surface area contributed by atoms with Crippen molar-refractivity contribution < 1.29 is 13.9 Å². The number of benzene rings is 2. The van der Waals surface area contributed by atoms with E-state index in [1.165, 1.54) is 32.4 Å². The van der Waals surface area contributed by atoms with Gasteiger partial charge in [0.1, 0.15) is 5.75 Å². The first-order valence-electron chi connectivity index (χ1n) is 10.9. The molecule has 1 aliphatic rings.